The number of hydrogen-bond acceptors (Lipinski definition) is 3. The summed E-state index contributed by atoms with van der Waals surface area (Å²) >= 11 is 0. The molecule has 0 amide bonds. The van der Waals surface area contributed by atoms with Gasteiger partial charge in [0.2, 0.25) is 5.96 Å². The average Bonchev–Trinajstić information content (AvgIpc) is 2.34. The van der Waals surface area contributed by atoms with Crippen LogP contribution in [0.15, 0.2) is 35.3 Å². The minimum atomic E-state index is 0.558. The first-order valence-corrected chi connectivity index (χ1v) is 5.19. The van der Waals surface area contributed by atoms with Crippen LogP contribution >= 0.6 is 0 Å². The Labute approximate surface area is 95.7 Å². The van der Waals surface area contributed by atoms with Crippen LogP contribution in [0.5, 0.6) is 0 Å². The second-order valence-corrected chi connectivity index (χ2v) is 3.21. The van der Waals surface area contributed by atoms with Gasteiger partial charge in [0, 0.05) is 25.9 Å². The fourth-order valence-electron chi connectivity index (χ4n) is 1.18. The lowest BCUT2D eigenvalue weighted by atomic mass is 10.3. The first kappa shape index (κ1) is 12.5. The number of anilines is 1. The quantitative estimate of drug-likeness (QED) is 0.228. The Morgan fingerprint density at radius 2 is 2.12 bits per heavy atom. The van der Waals surface area contributed by atoms with E-state index in [0.717, 1.165) is 12.1 Å². The second-order valence-electron chi connectivity index (χ2n) is 3.21. The summed E-state index contributed by atoms with van der Waals surface area (Å²) in [7, 11) is 1.67. The van der Waals surface area contributed by atoms with Gasteiger partial charge in [-0.15, -0.1) is 0 Å². The van der Waals surface area contributed by atoms with Gasteiger partial charge < -0.3 is 10.1 Å². The molecular weight excluding hydrogens is 204 g/mol. The SMILES string of the molecule is COCCCN=C(NN)Nc1ccccc1. The third kappa shape index (κ3) is 4.77. The summed E-state index contributed by atoms with van der Waals surface area (Å²) in [5.41, 5.74) is 3.48. The van der Waals surface area contributed by atoms with E-state index < -0.39 is 0 Å². The van der Waals surface area contributed by atoms with E-state index >= 15 is 0 Å². The zero-order chi connectivity index (χ0) is 11.6. The highest BCUT2D eigenvalue weighted by molar-refractivity contribution is 5.93. The van der Waals surface area contributed by atoms with Crippen LogP contribution in [0.2, 0.25) is 0 Å². The molecule has 0 aromatic heterocycles. The standard InChI is InChI=1S/C11H18N4O/c1-16-9-5-8-13-11(15-12)14-10-6-3-2-4-7-10/h2-4,6-7H,5,8-9,12H2,1H3,(H2,13,14,15). The summed E-state index contributed by atoms with van der Waals surface area (Å²) in [6.45, 7) is 1.37. The number of guanidine groups is 1. The number of para-hydroxylation sites is 1. The predicted octanol–water partition coefficient (Wildman–Crippen LogP) is 0.954. The molecule has 0 saturated carbocycles. The van der Waals surface area contributed by atoms with Crippen molar-refractivity contribution in [3.8, 4) is 0 Å². The van der Waals surface area contributed by atoms with E-state index in [1.54, 1.807) is 7.11 Å². The van der Waals surface area contributed by atoms with Gasteiger partial charge in [-0.05, 0) is 18.6 Å². The maximum Gasteiger partial charge on any atom is 0.210 e. The van der Waals surface area contributed by atoms with E-state index in [4.69, 9.17) is 10.6 Å². The summed E-state index contributed by atoms with van der Waals surface area (Å²) < 4.78 is 4.93. The number of nitrogens with two attached hydrogens (primary N) is 1. The molecule has 0 unspecified atom stereocenters. The molecule has 16 heavy (non-hydrogen) atoms. The fourth-order valence-corrected chi connectivity index (χ4v) is 1.18. The topological polar surface area (TPSA) is 71.7 Å². The molecule has 0 bridgehead atoms. The Morgan fingerprint density at radius 3 is 2.75 bits per heavy atom. The summed E-state index contributed by atoms with van der Waals surface area (Å²) in [4.78, 5) is 4.26. The van der Waals surface area contributed by atoms with Crippen LogP contribution in [0.25, 0.3) is 0 Å². The van der Waals surface area contributed by atoms with Gasteiger partial charge in [-0.1, -0.05) is 18.2 Å². The Balaban J connectivity index is 2.42. The number of benzene rings is 1. The van der Waals surface area contributed by atoms with E-state index in [2.05, 4.69) is 15.7 Å². The van der Waals surface area contributed by atoms with E-state index in [-0.39, 0.29) is 0 Å². The van der Waals surface area contributed by atoms with Crippen molar-refractivity contribution in [2.24, 2.45) is 10.8 Å². The van der Waals surface area contributed by atoms with Crippen LogP contribution < -0.4 is 16.6 Å². The molecule has 0 aliphatic heterocycles. The van der Waals surface area contributed by atoms with E-state index in [0.29, 0.717) is 19.1 Å². The van der Waals surface area contributed by atoms with Crippen molar-refractivity contribution in [2.45, 2.75) is 6.42 Å². The molecule has 0 atom stereocenters. The number of ether oxygens (including phenoxy) is 1. The molecule has 0 aliphatic rings. The minimum absolute atomic E-state index is 0.558. The molecule has 0 fully saturated rings. The number of nitrogens with one attached hydrogen (secondary N) is 2. The fraction of sp³-hybridized carbons (Fsp3) is 0.364. The Bertz CT molecular complexity index is 313. The zero-order valence-corrected chi connectivity index (χ0v) is 9.44. The van der Waals surface area contributed by atoms with Crippen molar-refractivity contribution >= 4 is 11.6 Å². The molecule has 5 nitrogen and oxygen atoms in total. The van der Waals surface area contributed by atoms with Crippen LogP contribution in [0.1, 0.15) is 6.42 Å². The number of hydrazine groups is 1. The van der Waals surface area contributed by atoms with Crippen molar-refractivity contribution in [3.63, 3.8) is 0 Å². The Morgan fingerprint density at radius 1 is 1.38 bits per heavy atom. The molecule has 1 aromatic rings. The van der Waals surface area contributed by atoms with Gasteiger partial charge in [0.15, 0.2) is 0 Å². The molecule has 0 heterocycles. The number of hydrogen-bond donors (Lipinski definition) is 3. The molecule has 0 spiro atoms. The predicted molar refractivity (Wildman–Crippen MR) is 66.2 cm³/mol. The molecular formula is C11H18N4O. The summed E-state index contributed by atoms with van der Waals surface area (Å²) in [5.74, 6) is 5.92. The Kier molecular flexibility index (Phi) is 5.98. The van der Waals surface area contributed by atoms with Crippen molar-refractivity contribution < 1.29 is 4.74 Å². The summed E-state index contributed by atoms with van der Waals surface area (Å²) in [6.07, 6.45) is 0.873. The van der Waals surface area contributed by atoms with Crippen LogP contribution in [0, 0.1) is 0 Å². The smallest absolute Gasteiger partial charge is 0.210 e. The lowest BCUT2D eigenvalue weighted by Crippen LogP contribution is -2.36. The van der Waals surface area contributed by atoms with Crippen LogP contribution in [-0.4, -0.2) is 26.2 Å². The third-order valence-corrected chi connectivity index (χ3v) is 1.95. The number of rotatable bonds is 5. The van der Waals surface area contributed by atoms with Gasteiger partial charge in [0.05, 0.1) is 0 Å². The average molecular weight is 222 g/mol. The Hall–Kier alpha value is -1.59. The zero-order valence-electron chi connectivity index (χ0n) is 9.44. The van der Waals surface area contributed by atoms with Crippen molar-refractivity contribution in [3.05, 3.63) is 30.3 Å². The highest BCUT2D eigenvalue weighted by Crippen LogP contribution is 2.04. The maximum absolute atomic E-state index is 5.36. The van der Waals surface area contributed by atoms with Crippen molar-refractivity contribution in [1.82, 2.24) is 5.43 Å². The number of nitrogens with zero attached hydrogens (tertiary/aromatic N) is 1. The van der Waals surface area contributed by atoms with Gasteiger partial charge in [0.1, 0.15) is 0 Å². The molecule has 0 aliphatic carbocycles. The van der Waals surface area contributed by atoms with Gasteiger partial charge in [0.25, 0.3) is 0 Å². The molecule has 1 rings (SSSR count). The van der Waals surface area contributed by atoms with Crippen LogP contribution in [0.3, 0.4) is 0 Å². The molecule has 0 saturated heterocycles. The lowest BCUT2D eigenvalue weighted by molar-refractivity contribution is 0.197. The second kappa shape index (κ2) is 7.67. The minimum Gasteiger partial charge on any atom is -0.385 e. The lowest BCUT2D eigenvalue weighted by Gasteiger charge is -2.08. The highest BCUT2D eigenvalue weighted by Gasteiger charge is 1.96. The molecule has 1 aromatic carbocycles. The van der Waals surface area contributed by atoms with E-state index in [1.165, 1.54) is 0 Å². The van der Waals surface area contributed by atoms with Gasteiger partial charge in [-0.3, -0.25) is 10.4 Å². The summed E-state index contributed by atoms with van der Waals surface area (Å²) in [6, 6.07) is 9.74. The van der Waals surface area contributed by atoms with Gasteiger partial charge in [-0.2, -0.15) is 0 Å². The summed E-state index contributed by atoms with van der Waals surface area (Å²) in [5, 5.41) is 3.08. The maximum atomic E-state index is 5.36. The van der Waals surface area contributed by atoms with E-state index in [9.17, 15) is 0 Å². The first-order valence-electron chi connectivity index (χ1n) is 5.19. The molecule has 4 N–H and O–H groups in total. The molecule has 88 valence electrons. The number of aliphatic imine (C=N–C) groups is 1. The van der Waals surface area contributed by atoms with E-state index in [1.807, 2.05) is 30.3 Å². The van der Waals surface area contributed by atoms with Gasteiger partial charge >= 0.3 is 0 Å². The van der Waals surface area contributed by atoms with Crippen molar-refractivity contribution in [1.29, 1.82) is 0 Å². The third-order valence-electron chi connectivity index (χ3n) is 1.95. The first-order chi connectivity index (χ1) is 7.86. The van der Waals surface area contributed by atoms with Crippen LogP contribution in [-0.2, 0) is 4.74 Å². The monoisotopic (exact) mass is 222 g/mol. The normalized spacial score (nSPS) is 11.2. The largest absolute Gasteiger partial charge is 0.385 e. The van der Waals surface area contributed by atoms with Gasteiger partial charge in [-0.25, -0.2) is 5.84 Å². The van der Waals surface area contributed by atoms with Crippen molar-refractivity contribution in [2.75, 3.05) is 25.6 Å². The molecule has 5 heteroatoms. The van der Waals surface area contributed by atoms with Crippen LogP contribution in [0.4, 0.5) is 5.69 Å². The number of methoxy groups -OCH3 is 1. The molecule has 0 radical (unpaired) electrons. The highest BCUT2D eigenvalue weighted by atomic mass is 16.5.